The number of aryl methyl sites for hydroxylation is 1. The molecule has 3 rings (SSSR count). The predicted molar refractivity (Wildman–Crippen MR) is 116 cm³/mol. The molecule has 0 atom stereocenters. The minimum atomic E-state index is -3.22. The average Bonchev–Trinajstić information content (AvgIpc) is 2.73. The number of benzene rings is 1. The Kier molecular flexibility index (Phi) is 6.99. The molecule has 0 saturated carbocycles. The molecule has 1 saturated heterocycles. The molecule has 2 heterocycles. The topological polar surface area (TPSA) is 118 Å². The highest BCUT2D eigenvalue weighted by molar-refractivity contribution is 7.89. The molecule has 0 radical (unpaired) electrons. The molecular formula is C20H27N5O4S. The van der Waals surface area contributed by atoms with Crippen molar-refractivity contribution in [1.82, 2.24) is 14.7 Å². The van der Waals surface area contributed by atoms with Gasteiger partial charge in [0.2, 0.25) is 10.0 Å². The van der Waals surface area contributed by atoms with E-state index < -0.39 is 14.9 Å². The van der Waals surface area contributed by atoms with Crippen molar-refractivity contribution in [2.75, 3.05) is 23.7 Å². The Morgan fingerprint density at radius 1 is 1.17 bits per heavy atom. The monoisotopic (exact) mass is 433 g/mol. The molecule has 0 unspecified atom stereocenters. The Morgan fingerprint density at radius 2 is 1.83 bits per heavy atom. The summed E-state index contributed by atoms with van der Waals surface area (Å²) in [4.78, 5) is 21.9. The van der Waals surface area contributed by atoms with Crippen molar-refractivity contribution in [2.24, 2.45) is 0 Å². The molecule has 2 aromatic rings. The fourth-order valence-corrected chi connectivity index (χ4v) is 4.89. The zero-order chi connectivity index (χ0) is 21.7. The lowest BCUT2D eigenvalue weighted by molar-refractivity contribution is -0.384. The summed E-state index contributed by atoms with van der Waals surface area (Å²) in [5.74, 6) is 1.48. The van der Waals surface area contributed by atoms with Crippen molar-refractivity contribution in [1.29, 1.82) is 0 Å². The van der Waals surface area contributed by atoms with Gasteiger partial charge in [-0.3, -0.25) is 10.1 Å². The highest BCUT2D eigenvalue weighted by atomic mass is 32.2. The van der Waals surface area contributed by atoms with E-state index >= 15 is 0 Å². The van der Waals surface area contributed by atoms with Crippen LogP contribution in [0.25, 0.3) is 11.4 Å². The van der Waals surface area contributed by atoms with Crippen molar-refractivity contribution in [3.63, 3.8) is 0 Å². The molecule has 0 bridgehead atoms. The summed E-state index contributed by atoms with van der Waals surface area (Å²) in [5, 5.41) is 10.9. The van der Waals surface area contributed by atoms with Gasteiger partial charge in [-0.05, 0) is 37.8 Å². The van der Waals surface area contributed by atoms with Crippen molar-refractivity contribution in [3.05, 3.63) is 46.1 Å². The van der Waals surface area contributed by atoms with Crippen LogP contribution in [0.1, 0.15) is 38.8 Å². The van der Waals surface area contributed by atoms with E-state index in [1.165, 1.54) is 12.1 Å². The first kappa shape index (κ1) is 22.1. The number of nitro benzene ring substituents is 1. The Bertz CT molecular complexity index is 987. The standard InChI is InChI=1S/C20H27N5O4S/c1-3-13-30(28,29)23-17-9-11-24(12-10-17)19-14-16(4-2)21-20(22-19)15-5-7-18(8-6-15)25(26)27/h5-8,14,17,23H,3-4,9-13H2,1-2H3. The summed E-state index contributed by atoms with van der Waals surface area (Å²) in [6, 6.07) is 8.11. The van der Waals surface area contributed by atoms with Gasteiger partial charge in [0, 0.05) is 48.6 Å². The molecule has 1 N–H and O–H groups in total. The van der Waals surface area contributed by atoms with E-state index in [4.69, 9.17) is 0 Å². The third-order valence-corrected chi connectivity index (χ3v) is 6.74. The molecule has 0 amide bonds. The Morgan fingerprint density at radius 3 is 2.40 bits per heavy atom. The molecule has 10 heteroatoms. The van der Waals surface area contributed by atoms with E-state index in [0.717, 1.165) is 23.5 Å². The lowest BCUT2D eigenvalue weighted by Crippen LogP contribution is -2.45. The second-order valence-corrected chi connectivity index (χ2v) is 9.27. The Hall–Kier alpha value is -2.59. The van der Waals surface area contributed by atoms with Crippen molar-refractivity contribution in [2.45, 2.75) is 45.6 Å². The van der Waals surface area contributed by atoms with E-state index in [2.05, 4.69) is 19.6 Å². The minimum Gasteiger partial charge on any atom is -0.356 e. The van der Waals surface area contributed by atoms with Gasteiger partial charge in [0.1, 0.15) is 5.82 Å². The van der Waals surface area contributed by atoms with Gasteiger partial charge < -0.3 is 4.90 Å². The van der Waals surface area contributed by atoms with Crippen LogP contribution in [0, 0.1) is 10.1 Å². The molecule has 0 spiro atoms. The van der Waals surface area contributed by atoms with Crippen LogP contribution in [0.5, 0.6) is 0 Å². The molecular weight excluding hydrogens is 406 g/mol. The lowest BCUT2D eigenvalue weighted by Gasteiger charge is -2.33. The molecule has 1 aromatic carbocycles. The maximum absolute atomic E-state index is 12.0. The van der Waals surface area contributed by atoms with Crippen LogP contribution in [-0.4, -0.2) is 48.2 Å². The van der Waals surface area contributed by atoms with Crippen molar-refractivity contribution < 1.29 is 13.3 Å². The van der Waals surface area contributed by atoms with Crippen LogP contribution in [0.3, 0.4) is 0 Å². The van der Waals surface area contributed by atoms with E-state index in [1.807, 2.05) is 19.9 Å². The lowest BCUT2D eigenvalue weighted by atomic mass is 10.1. The van der Waals surface area contributed by atoms with Gasteiger partial charge in [-0.25, -0.2) is 23.1 Å². The third kappa shape index (κ3) is 5.51. The normalized spacial score (nSPS) is 15.3. The number of anilines is 1. The van der Waals surface area contributed by atoms with Gasteiger partial charge in [0.25, 0.3) is 5.69 Å². The minimum absolute atomic E-state index is 0.0261. The van der Waals surface area contributed by atoms with Gasteiger partial charge >= 0.3 is 0 Å². The fraction of sp³-hybridized carbons (Fsp3) is 0.500. The van der Waals surface area contributed by atoms with Crippen LogP contribution >= 0.6 is 0 Å². The molecule has 9 nitrogen and oxygen atoms in total. The first-order valence-electron chi connectivity index (χ1n) is 10.2. The number of piperidine rings is 1. The largest absolute Gasteiger partial charge is 0.356 e. The summed E-state index contributed by atoms with van der Waals surface area (Å²) in [6.07, 6.45) is 2.76. The number of nitrogens with one attached hydrogen (secondary N) is 1. The highest BCUT2D eigenvalue weighted by Gasteiger charge is 2.24. The number of hydrogen-bond donors (Lipinski definition) is 1. The predicted octanol–water partition coefficient (Wildman–Crippen LogP) is 2.91. The van der Waals surface area contributed by atoms with Crippen LogP contribution in [0.2, 0.25) is 0 Å². The number of rotatable bonds is 8. The molecule has 1 aliphatic rings. The summed E-state index contributed by atoms with van der Waals surface area (Å²) >= 11 is 0. The Balaban J connectivity index is 1.75. The summed E-state index contributed by atoms with van der Waals surface area (Å²) in [7, 11) is -3.22. The molecule has 1 fully saturated rings. The highest BCUT2D eigenvalue weighted by Crippen LogP contribution is 2.25. The van der Waals surface area contributed by atoms with Gasteiger partial charge in [-0.1, -0.05) is 13.8 Å². The van der Waals surface area contributed by atoms with Gasteiger partial charge in [0.15, 0.2) is 5.82 Å². The maximum atomic E-state index is 12.0. The Labute approximate surface area is 176 Å². The second-order valence-electron chi connectivity index (χ2n) is 7.40. The average molecular weight is 434 g/mol. The number of sulfonamides is 1. The molecule has 1 aliphatic heterocycles. The van der Waals surface area contributed by atoms with Gasteiger partial charge in [-0.15, -0.1) is 0 Å². The SMILES string of the molecule is CCCS(=O)(=O)NC1CCN(c2cc(CC)nc(-c3ccc([N+](=O)[O-])cc3)n2)CC1. The van der Waals surface area contributed by atoms with E-state index in [1.54, 1.807) is 12.1 Å². The van der Waals surface area contributed by atoms with Crippen LogP contribution in [0.4, 0.5) is 11.5 Å². The van der Waals surface area contributed by atoms with Gasteiger partial charge in [-0.2, -0.15) is 0 Å². The number of nitro groups is 1. The van der Waals surface area contributed by atoms with Crippen LogP contribution in [0.15, 0.2) is 30.3 Å². The third-order valence-electron chi connectivity index (χ3n) is 5.10. The van der Waals surface area contributed by atoms with E-state index in [-0.39, 0.29) is 17.5 Å². The molecule has 0 aliphatic carbocycles. The zero-order valence-corrected chi connectivity index (χ0v) is 18.1. The number of non-ortho nitro benzene ring substituents is 1. The summed E-state index contributed by atoms with van der Waals surface area (Å²) in [6.45, 7) is 5.25. The first-order valence-corrected chi connectivity index (χ1v) is 11.8. The van der Waals surface area contributed by atoms with Crippen LogP contribution in [-0.2, 0) is 16.4 Å². The summed E-state index contributed by atoms with van der Waals surface area (Å²) < 4.78 is 26.8. The van der Waals surface area contributed by atoms with Gasteiger partial charge in [0.05, 0.1) is 10.7 Å². The first-order chi connectivity index (χ1) is 14.3. The van der Waals surface area contributed by atoms with E-state index in [9.17, 15) is 18.5 Å². The smallest absolute Gasteiger partial charge is 0.269 e. The summed E-state index contributed by atoms with van der Waals surface area (Å²) in [5.41, 5.74) is 1.64. The molecule has 162 valence electrons. The van der Waals surface area contributed by atoms with E-state index in [0.29, 0.717) is 38.2 Å². The van der Waals surface area contributed by atoms with Crippen molar-refractivity contribution in [3.8, 4) is 11.4 Å². The van der Waals surface area contributed by atoms with Crippen LogP contribution < -0.4 is 9.62 Å². The zero-order valence-electron chi connectivity index (χ0n) is 17.2. The molecule has 30 heavy (non-hydrogen) atoms. The number of nitrogens with zero attached hydrogens (tertiary/aromatic N) is 4. The fourth-order valence-electron chi connectivity index (χ4n) is 3.50. The second kappa shape index (κ2) is 9.48. The molecule has 1 aromatic heterocycles. The van der Waals surface area contributed by atoms with Crippen molar-refractivity contribution >= 4 is 21.5 Å². The maximum Gasteiger partial charge on any atom is 0.269 e. The number of aromatic nitrogens is 2. The number of hydrogen-bond acceptors (Lipinski definition) is 7. The quantitative estimate of drug-likeness (QED) is 0.502.